The predicted molar refractivity (Wildman–Crippen MR) is 172 cm³/mol. The summed E-state index contributed by atoms with van der Waals surface area (Å²) in [4.78, 5) is 46.8. The Hall–Kier alpha value is -3.11. The van der Waals surface area contributed by atoms with E-state index in [9.17, 15) is 32.3 Å². The van der Waals surface area contributed by atoms with E-state index in [0.717, 1.165) is 21.9 Å². The Balaban J connectivity index is 0.000000331. The molecule has 0 N–H and O–H groups in total. The summed E-state index contributed by atoms with van der Waals surface area (Å²) in [7, 11) is 4.67. The van der Waals surface area contributed by atoms with Crippen LogP contribution in [0, 0.1) is 19.8 Å². The molecule has 2 heterocycles. The molecule has 0 amide bonds. The molecule has 0 aliphatic carbocycles. The van der Waals surface area contributed by atoms with Crippen LogP contribution in [-0.4, -0.2) is 19.5 Å². The lowest BCUT2D eigenvalue weighted by Crippen LogP contribution is -2.40. The first-order valence-corrected chi connectivity index (χ1v) is 14.8. The highest BCUT2D eigenvalue weighted by molar-refractivity contribution is 6.39. The Morgan fingerprint density at radius 2 is 1.25 bits per heavy atom. The largest absolute Gasteiger partial charge is 0.416 e. The molecule has 0 radical (unpaired) electrons. The summed E-state index contributed by atoms with van der Waals surface area (Å²) in [5.74, 6) is 0.0156. The number of benzene rings is 1. The lowest BCUT2D eigenvalue weighted by atomic mass is 9.98. The van der Waals surface area contributed by atoms with E-state index >= 15 is 0 Å². The molecule has 3 rings (SSSR count). The van der Waals surface area contributed by atoms with Gasteiger partial charge in [0.05, 0.1) is 21.2 Å². The van der Waals surface area contributed by atoms with Gasteiger partial charge in [0.1, 0.15) is 0 Å². The van der Waals surface area contributed by atoms with Crippen LogP contribution in [0.3, 0.4) is 0 Å². The minimum Gasteiger partial charge on any atom is -0.316 e. The van der Waals surface area contributed by atoms with E-state index in [0.29, 0.717) is 33.6 Å². The van der Waals surface area contributed by atoms with Crippen LogP contribution in [0.15, 0.2) is 38.6 Å². The number of hydrogen-bond donors (Lipinski definition) is 0. The average molecular weight is 661 g/mol. The summed E-state index contributed by atoms with van der Waals surface area (Å²) in [6.07, 6.45) is -4.00. The number of alkyl halides is 3. The van der Waals surface area contributed by atoms with Gasteiger partial charge in [0.2, 0.25) is 0 Å². The van der Waals surface area contributed by atoms with Crippen LogP contribution >= 0.6 is 23.2 Å². The van der Waals surface area contributed by atoms with E-state index in [1.54, 1.807) is 46.0 Å². The molecule has 0 saturated heterocycles. The highest BCUT2D eigenvalue weighted by Crippen LogP contribution is 2.34. The topological polar surface area (TPSA) is 83.1 Å². The Morgan fingerprint density at radius 3 is 1.66 bits per heavy atom. The molecule has 0 aliphatic rings. The van der Waals surface area contributed by atoms with Crippen molar-refractivity contribution in [2.75, 3.05) is 0 Å². The summed E-state index contributed by atoms with van der Waals surface area (Å²) in [5, 5.41) is 0.867. The van der Waals surface area contributed by atoms with E-state index in [4.69, 9.17) is 23.2 Å². The first-order chi connectivity index (χ1) is 20.1. The van der Waals surface area contributed by atoms with E-state index in [1.165, 1.54) is 30.2 Å². The molecule has 0 bridgehead atoms. The molecule has 0 saturated carbocycles. The maximum Gasteiger partial charge on any atom is 0.416 e. The Kier molecular flexibility index (Phi) is 13.9. The standard InChI is InChI=1S/C11H12Cl2O.C11H14F3NO.C10H16N2O2/c1-7(2)6-10(14)11-8(12)4-3-5-9(11)13;1-6(2)9-8(11(12,13)14)5-7(3)15(4)10(9)16;1-6(2)8-7(3)11(4)10(14)12(5)9(8)13/h3-5,7H,6H2,1-2H3;5-6H,1-4H3;6H,1-5H3. The number of hydrogen-bond acceptors (Lipinski definition) is 4. The second-order valence-corrected chi connectivity index (χ2v) is 12.4. The van der Waals surface area contributed by atoms with Crippen molar-refractivity contribution < 1.29 is 18.0 Å². The lowest BCUT2D eigenvalue weighted by molar-refractivity contribution is -0.138. The molecule has 0 unspecified atom stereocenters. The van der Waals surface area contributed by atoms with Gasteiger partial charge in [0, 0.05) is 50.1 Å². The van der Waals surface area contributed by atoms with E-state index in [2.05, 4.69) is 0 Å². The molecule has 44 heavy (non-hydrogen) atoms. The monoisotopic (exact) mass is 659 g/mol. The molecule has 0 spiro atoms. The van der Waals surface area contributed by atoms with Crippen molar-refractivity contribution in [3.63, 3.8) is 0 Å². The molecule has 1 aromatic carbocycles. The summed E-state index contributed by atoms with van der Waals surface area (Å²) in [5.41, 5.74) is 0.234. The normalized spacial score (nSPS) is 11.3. The number of ketones is 1. The summed E-state index contributed by atoms with van der Waals surface area (Å²) in [6.45, 7) is 14.3. The van der Waals surface area contributed by atoms with Gasteiger partial charge >= 0.3 is 11.9 Å². The van der Waals surface area contributed by atoms with Gasteiger partial charge in [-0.1, -0.05) is 70.8 Å². The molecular weight excluding hydrogens is 618 g/mol. The van der Waals surface area contributed by atoms with Gasteiger partial charge in [-0.25, -0.2) is 4.79 Å². The average Bonchev–Trinajstić information content (AvgIpc) is 2.88. The first-order valence-electron chi connectivity index (χ1n) is 14.1. The van der Waals surface area contributed by atoms with Gasteiger partial charge in [0.15, 0.2) is 5.78 Å². The highest BCUT2D eigenvalue weighted by atomic mass is 35.5. The third-order valence-corrected chi connectivity index (χ3v) is 7.63. The van der Waals surface area contributed by atoms with Gasteiger partial charge in [-0.2, -0.15) is 13.2 Å². The fraction of sp³-hybridized carbons (Fsp3) is 0.500. The van der Waals surface area contributed by atoms with Gasteiger partial charge in [-0.05, 0) is 49.8 Å². The molecule has 244 valence electrons. The minimum absolute atomic E-state index is 0.00981. The van der Waals surface area contributed by atoms with Crippen molar-refractivity contribution >= 4 is 29.0 Å². The quantitative estimate of drug-likeness (QED) is 0.265. The van der Waals surface area contributed by atoms with Crippen LogP contribution in [0.4, 0.5) is 13.2 Å². The number of rotatable bonds is 5. The molecule has 7 nitrogen and oxygen atoms in total. The van der Waals surface area contributed by atoms with Gasteiger partial charge < -0.3 is 9.13 Å². The third-order valence-electron chi connectivity index (χ3n) is 7.00. The number of carbonyl (C=O) groups is 1. The van der Waals surface area contributed by atoms with Crippen molar-refractivity contribution in [3.05, 3.63) is 99.1 Å². The maximum absolute atomic E-state index is 12.8. The summed E-state index contributed by atoms with van der Waals surface area (Å²) >= 11 is 11.8. The number of pyridine rings is 1. The van der Waals surface area contributed by atoms with Crippen molar-refractivity contribution in [2.24, 2.45) is 27.1 Å². The number of carbonyl (C=O) groups excluding carboxylic acids is 1. The van der Waals surface area contributed by atoms with Crippen LogP contribution in [0.1, 0.15) is 98.2 Å². The van der Waals surface area contributed by atoms with Gasteiger partial charge in [0.25, 0.3) is 11.1 Å². The van der Waals surface area contributed by atoms with Gasteiger partial charge in [-0.15, -0.1) is 0 Å². The summed E-state index contributed by atoms with van der Waals surface area (Å²) < 4.78 is 42.2. The van der Waals surface area contributed by atoms with Crippen LogP contribution in [-0.2, 0) is 27.3 Å². The lowest BCUT2D eigenvalue weighted by Gasteiger charge is -2.17. The van der Waals surface area contributed by atoms with Crippen molar-refractivity contribution in [3.8, 4) is 0 Å². The van der Waals surface area contributed by atoms with Crippen molar-refractivity contribution in [1.29, 1.82) is 0 Å². The molecule has 12 heteroatoms. The van der Waals surface area contributed by atoms with Gasteiger partial charge in [-0.3, -0.25) is 19.0 Å². The fourth-order valence-corrected chi connectivity index (χ4v) is 5.11. The van der Waals surface area contributed by atoms with Crippen LogP contribution in [0.5, 0.6) is 0 Å². The number of Topliss-reactive ketones (excluding diaryl/α,β-unsaturated/α-hetero) is 1. The highest BCUT2D eigenvalue weighted by Gasteiger charge is 2.36. The number of halogens is 5. The molecule has 3 aromatic rings. The predicted octanol–water partition coefficient (Wildman–Crippen LogP) is 7.57. The van der Waals surface area contributed by atoms with E-state index < -0.39 is 23.2 Å². The van der Waals surface area contributed by atoms with Crippen LogP contribution in [0.2, 0.25) is 10.0 Å². The smallest absolute Gasteiger partial charge is 0.316 e. The zero-order chi connectivity index (χ0) is 34.4. The zero-order valence-electron chi connectivity index (χ0n) is 27.1. The Morgan fingerprint density at radius 1 is 0.795 bits per heavy atom. The minimum atomic E-state index is -4.47. The summed E-state index contributed by atoms with van der Waals surface area (Å²) in [6, 6.07) is 6.12. The molecule has 2 aromatic heterocycles. The fourth-order valence-electron chi connectivity index (χ4n) is 4.51. The zero-order valence-corrected chi connectivity index (χ0v) is 28.6. The number of aryl methyl sites for hydroxylation is 1. The number of aromatic nitrogens is 3. The maximum atomic E-state index is 12.8. The third kappa shape index (κ3) is 9.44. The molecule has 0 fully saturated rings. The van der Waals surface area contributed by atoms with Crippen molar-refractivity contribution in [1.82, 2.24) is 13.7 Å². The molecular formula is C32H42Cl2F3N3O4. The molecule has 0 aliphatic heterocycles. The molecule has 0 atom stereocenters. The first kappa shape index (κ1) is 38.9. The van der Waals surface area contributed by atoms with E-state index in [-0.39, 0.29) is 28.5 Å². The SMILES string of the molecule is CC(C)CC(=O)c1c(Cl)cccc1Cl.Cc1c(C(C)C)c(=O)n(C)c(=O)n1C.Cc1cc(C(F)(F)F)c(C(C)C)c(=O)n1C. The Bertz CT molecular complexity index is 1650. The van der Waals surface area contributed by atoms with E-state index in [1.807, 2.05) is 27.7 Å². The number of nitrogens with zero attached hydrogens (tertiary/aromatic N) is 3. The second-order valence-electron chi connectivity index (χ2n) is 11.6. The Labute approximate surface area is 266 Å². The van der Waals surface area contributed by atoms with Crippen LogP contribution < -0.4 is 16.8 Å². The second kappa shape index (κ2) is 15.8. The van der Waals surface area contributed by atoms with Crippen molar-refractivity contribution in [2.45, 2.75) is 79.8 Å². The van der Waals surface area contributed by atoms with Crippen LogP contribution in [0.25, 0.3) is 0 Å².